The van der Waals surface area contributed by atoms with Crippen LogP contribution in [0.5, 0.6) is 11.5 Å². The highest BCUT2D eigenvalue weighted by Gasteiger charge is 2.10. The van der Waals surface area contributed by atoms with E-state index in [1.54, 1.807) is 6.92 Å². The van der Waals surface area contributed by atoms with Crippen molar-refractivity contribution in [3.8, 4) is 11.5 Å². The van der Waals surface area contributed by atoms with Crippen LogP contribution in [0.1, 0.15) is 29.7 Å². The van der Waals surface area contributed by atoms with Gasteiger partial charge in [0, 0.05) is 24.1 Å². The highest BCUT2D eigenvalue weighted by Crippen LogP contribution is 2.19. The summed E-state index contributed by atoms with van der Waals surface area (Å²) in [5.74, 6) is 2.67. The molecule has 206 valence electrons. The summed E-state index contributed by atoms with van der Waals surface area (Å²) in [6.45, 7) is 5.78. The molecule has 0 amide bonds. The molecule has 0 atom stereocenters. The van der Waals surface area contributed by atoms with Crippen molar-refractivity contribution in [3.63, 3.8) is 0 Å². The predicted octanol–water partition coefficient (Wildman–Crippen LogP) is 4.67. The van der Waals surface area contributed by atoms with Crippen LogP contribution in [0.25, 0.3) is 0 Å². The Labute approximate surface area is 233 Å². The van der Waals surface area contributed by atoms with E-state index in [1.165, 1.54) is 0 Å². The number of ether oxygens (including phenoxy) is 3. The smallest absolute Gasteiger partial charge is 0.333 e. The molecule has 0 unspecified atom stereocenters. The molecule has 1 aromatic heterocycles. The van der Waals surface area contributed by atoms with E-state index in [2.05, 4.69) is 21.9 Å². The third-order valence-electron chi connectivity index (χ3n) is 5.62. The Morgan fingerprint density at radius 1 is 0.775 bits per heavy atom. The molecule has 0 fully saturated rings. The van der Waals surface area contributed by atoms with Gasteiger partial charge in [-0.1, -0.05) is 49.0 Å². The molecule has 0 saturated heterocycles. The summed E-state index contributed by atoms with van der Waals surface area (Å²) >= 11 is 0. The van der Waals surface area contributed by atoms with Gasteiger partial charge in [0.15, 0.2) is 0 Å². The predicted molar refractivity (Wildman–Crippen MR) is 152 cm³/mol. The Kier molecular flexibility index (Phi) is 10.2. The first-order chi connectivity index (χ1) is 19.5. The van der Waals surface area contributed by atoms with Crippen LogP contribution in [0.4, 0.5) is 11.6 Å². The first-order valence-corrected chi connectivity index (χ1v) is 12.9. The van der Waals surface area contributed by atoms with E-state index in [9.17, 15) is 4.79 Å². The van der Waals surface area contributed by atoms with E-state index in [1.807, 2.05) is 78.9 Å². The van der Waals surface area contributed by atoms with E-state index in [0.717, 1.165) is 16.8 Å². The van der Waals surface area contributed by atoms with Gasteiger partial charge in [-0.25, -0.2) is 9.78 Å². The van der Waals surface area contributed by atoms with Gasteiger partial charge in [-0.15, -0.1) is 0 Å². The maximum absolute atomic E-state index is 11.5. The Balaban J connectivity index is 1.44. The number of rotatable bonds is 14. The molecule has 0 aliphatic rings. The number of carbonyl (C=O) groups excluding carboxylic acids is 1. The van der Waals surface area contributed by atoms with Crippen molar-refractivity contribution in [2.75, 3.05) is 31.7 Å². The van der Waals surface area contributed by atoms with Gasteiger partial charge in [-0.2, -0.15) is 9.97 Å². The van der Waals surface area contributed by atoms with Gasteiger partial charge in [0.2, 0.25) is 5.95 Å². The largest absolute Gasteiger partial charge is 0.491 e. The average Bonchev–Trinajstić information content (AvgIpc) is 2.96. The number of aliphatic hydroxyl groups is 1. The van der Waals surface area contributed by atoms with Gasteiger partial charge in [0.25, 0.3) is 0 Å². The van der Waals surface area contributed by atoms with E-state index >= 15 is 0 Å². The van der Waals surface area contributed by atoms with Crippen LogP contribution >= 0.6 is 0 Å². The zero-order valence-electron chi connectivity index (χ0n) is 22.4. The maximum Gasteiger partial charge on any atom is 0.333 e. The Morgan fingerprint density at radius 3 is 1.85 bits per heavy atom. The van der Waals surface area contributed by atoms with Gasteiger partial charge >= 0.3 is 5.97 Å². The first kappa shape index (κ1) is 28.3. The average molecular weight is 541 g/mol. The molecule has 0 aliphatic carbocycles. The maximum atomic E-state index is 11.5. The van der Waals surface area contributed by atoms with Gasteiger partial charge < -0.3 is 24.6 Å². The second-order valence-corrected chi connectivity index (χ2v) is 8.96. The standard InChI is InChI=1S/C31H32N4O5/c1-22(2)30(37)40-19-18-39-27-14-10-24(11-15-27)21-29-33-28(20-23-8-12-26(13-9-23)38-17-16-36)34-31(35-29)32-25-6-4-3-5-7-25/h3-15,36H,1,16-21H2,2H3,(H,32,33,34,35). The Hall–Kier alpha value is -4.76. The summed E-state index contributed by atoms with van der Waals surface area (Å²) in [6.07, 6.45) is 1.02. The fourth-order valence-corrected chi connectivity index (χ4v) is 3.69. The molecule has 0 radical (unpaired) electrons. The number of hydrogen-bond acceptors (Lipinski definition) is 9. The zero-order valence-corrected chi connectivity index (χ0v) is 22.4. The van der Waals surface area contributed by atoms with Crippen molar-refractivity contribution in [3.05, 3.63) is 114 Å². The van der Waals surface area contributed by atoms with Crippen molar-refractivity contribution >= 4 is 17.6 Å². The molecule has 9 nitrogen and oxygen atoms in total. The lowest BCUT2D eigenvalue weighted by atomic mass is 10.1. The summed E-state index contributed by atoms with van der Waals surface area (Å²) in [4.78, 5) is 25.5. The van der Waals surface area contributed by atoms with Crippen molar-refractivity contribution in [1.82, 2.24) is 15.0 Å². The number of aliphatic hydroxyl groups excluding tert-OH is 1. The molecule has 4 aromatic rings. The summed E-state index contributed by atoms with van der Waals surface area (Å²) < 4.78 is 16.2. The Morgan fingerprint density at radius 2 is 1.32 bits per heavy atom. The lowest BCUT2D eigenvalue weighted by Crippen LogP contribution is -2.12. The van der Waals surface area contributed by atoms with E-state index in [0.29, 0.717) is 47.5 Å². The van der Waals surface area contributed by atoms with E-state index in [-0.39, 0.29) is 26.4 Å². The minimum Gasteiger partial charge on any atom is -0.491 e. The lowest BCUT2D eigenvalue weighted by molar-refractivity contribution is -0.139. The molecule has 9 heteroatoms. The van der Waals surface area contributed by atoms with Crippen LogP contribution in [0.3, 0.4) is 0 Å². The third kappa shape index (κ3) is 8.92. The number of anilines is 2. The topological polar surface area (TPSA) is 116 Å². The molecule has 0 spiro atoms. The van der Waals surface area contributed by atoms with Gasteiger partial charge in [-0.3, -0.25) is 0 Å². The van der Waals surface area contributed by atoms with Crippen molar-refractivity contribution in [1.29, 1.82) is 0 Å². The van der Waals surface area contributed by atoms with Crippen LogP contribution < -0.4 is 14.8 Å². The van der Waals surface area contributed by atoms with Crippen LogP contribution in [-0.2, 0) is 22.4 Å². The SMILES string of the molecule is C=C(C)C(=O)OCCOc1ccc(Cc2nc(Cc3ccc(OCCO)cc3)nc(Nc3ccccc3)n2)cc1. The molecule has 0 saturated carbocycles. The van der Waals surface area contributed by atoms with Gasteiger partial charge in [-0.05, 0) is 54.4 Å². The molecular weight excluding hydrogens is 508 g/mol. The molecule has 2 N–H and O–H groups in total. The van der Waals surface area contributed by atoms with Crippen molar-refractivity contribution < 1.29 is 24.1 Å². The summed E-state index contributed by atoms with van der Waals surface area (Å²) in [5.41, 5.74) is 3.27. The van der Waals surface area contributed by atoms with Crippen LogP contribution in [0, 0.1) is 0 Å². The van der Waals surface area contributed by atoms with Crippen LogP contribution in [0.2, 0.25) is 0 Å². The zero-order chi connectivity index (χ0) is 28.2. The summed E-state index contributed by atoms with van der Waals surface area (Å²) in [5, 5.41) is 12.2. The van der Waals surface area contributed by atoms with Crippen LogP contribution in [0.15, 0.2) is 91.0 Å². The first-order valence-electron chi connectivity index (χ1n) is 12.9. The Bertz CT molecular complexity index is 1390. The molecule has 0 aliphatic heterocycles. The fraction of sp³-hybridized carbons (Fsp3) is 0.226. The number of para-hydroxylation sites is 1. The highest BCUT2D eigenvalue weighted by molar-refractivity contribution is 5.86. The molecule has 1 heterocycles. The number of hydrogen-bond donors (Lipinski definition) is 2. The molecule has 0 bridgehead atoms. The minimum atomic E-state index is -0.430. The quantitative estimate of drug-likeness (QED) is 0.134. The summed E-state index contributed by atoms with van der Waals surface area (Å²) in [7, 11) is 0. The number of aromatic nitrogens is 3. The molecule has 3 aromatic carbocycles. The van der Waals surface area contributed by atoms with E-state index < -0.39 is 5.97 Å². The van der Waals surface area contributed by atoms with Gasteiger partial charge in [0.05, 0.1) is 6.61 Å². The molecule has 40 heavy (non-hydrogen) atoms. The third-order valence-corrected chi connectivity index (χ3v) is 5.62. The lowest BCUT2D eigenvalue weighted by Gasteiger charge is -2.11. The normalized spacial score (nSPS) is 10.6. The molecular formula is C31H32N4O5. The second kappa shape index (κ2) is 14.4. The minimum absolute atomic E-state index is 0.0324. The van der Waals surface area contributed by atoms with Crippen molar-refractivity contribution in [2.45, 2.75) is 19.8 Å². The van der Waals surface area contributed by atoms with E-state index in [4.69, 9.17) is 24.3 Å². The summed E-state index contributed by atoms with van der Waals surface area (Å²) in [6, 6.07) is 25.0. The second-order valence-electron chi connectivity index (χ2n) is 8.96. The number of benzene rings is 3. The van der Waals surface area contributed by atoms with Crippen molar-refractivity contribution in [2.24, 2.45) is 0 Å². The molecule has 4 rings (SSSR count). The number of esters is 1. The van der Waals surface area contributed by atoms with Gasteiger partial charge in [0.1, 0.15) is 43.0 Å². The number of nitrogens with one attached hydrogen (secondary N) is 1. The van der Waals surface area contributed by atoms with Crippen LogP contribution in [-0.4, -0.2) is 52.5 Å². The monoisotopic (exact) mass is 540 g/mol. The fourth-order valence-electron chi connectivity index (χ4n) is 3.69. The number of carbonyl (C=O) groups is 1. The highest BCUT2D eigenvalue weighted by atomic mass is 16.6. The number of nitrogens with zero attached hydrogens (tertiary/aromatic N) is 3.